The van der Waals surface area contributed by atoms with Gasteiger partial charge in [-0.2, -0.15) is 9.78 Å². The Morgan fingerprint density at radius 2 is 1.89 bits per heavy atom. The molecule has 1 heterocycles. The van der Waals surface area contributed by atoms with Gasteiger partial charge >= 0.3 is 0 Å². The summed E-state index contributed by atoms with van der Waals surface area (Å²) in [7, 11) is 0. The van der Waals surface area contributed by atoms with Crippen molar-refractivity contribution in [3.05, 3.63) is 58.5 Å². The first kappa shape index (κ1) is 11.6. The summed E-state index contributed by atoms with van der Waals surface area (Å²) in [6.45, 7) is 0. The lowest BCUT2D eigenvalue weighted by Gasteiger charge is -2.06. The van der Waals surface area contributed by atoms with E-state index in [1.165, 1.54) is 16.8 Å². The Hall–Kier alpha value is -2.43. The van der Waals surface area contributed by atoms with Crippen LogP contribution in [0.4, 0.5) is 0 Å². The number of para-hydroxylation sites is 1. The van der Waals surface area contributed by atoms with Gasteiger partial charge in [-0.15, -0.1) is 0 Å². The average Bonchev–Trinajstić information content (AvgIpc) is 3.24. The Labute approximate surface area is 109 Å². The number of nitrogens with one attached hydrogen (secondary N) is 1. The van der Waals surface area contributed by atoms with Crippen LogP contribution in [0.3, 0.4) is 0 Å². The molecule has 0 aliphatic heterocycles. The van der Waals surface area contributed by atoms with Crippen LogP contribution >= 0.6 is 0 Å². The second-order valence-corrected chi connectivity index (χ2v) is 4.55. The van der Waals surface area contributed by atoms with Crippen molar-refractivity contribution in [2.45, 2.75) is 18.9 Å². The summed E-state index contributed by atoms with van der Waals surface area (Å²) in [4.78, 5) is 23.7. The molecule has 3 rings (SSSR count). The molecule has 96 valence electrons. The van der Waals surface area contributed by atoms with Gasteiger partial charge in [-0.05, 0) is 31.0 Å². The maximum absolute atomic E-state index is 11.9. The SMILES string of the molecule is O=C(NC1CC1)c1ccc(=O)n(-c2ccccc2)n1. The number of aromatic nitrogens is 2. The molecule has 1 saturated carbocycles. The predicted molar refractivity (Wildman–Crippen MR) is 70.3 cm³/mol. The molecule has 19 heavy (non-hydrogen) atoms. The van der Waals surface area contributed by atoms with Crippen molar-refractivity contribution in [2.75, 3.05) is 0 Å². The molecule has 0 bridgehead atoms. The summed E-state index contributed by atoms with van der Waals surface area (Å²) in [5.41, 5.74) is 0.651. The summed E-state index contributed by atoms with van der Waals surface area (Å²) in [6.07, 6.45) is 2.04. The van der Waals surface area contributed by atoms with Crippen molar-refractivity contribution in [1.29, 1.82) is 0 Å². The van der Waals surface area contributed by atoms with E-state index in [1.54, 1.807) is 12.1 Å². The van der Waals surface area contributed by atoms with Gasteiger partial charge in [0, 0.05) is 12.1 Å². The Morgan fingerprint density at radius 3 is 2.58 bits per heavy atom. The molecular formula is C14H13N3O2. The van der Waals surface area contributed by atoms with Crippen molar-refractivity contribution in [3.63, 3.8) is 0 Å². The number of hydrogen-bond acceptors (Lipinski definition) is 3. The largest absolute Gasteiger partial charge is 0.348 e. The lowest BCUT2D eigenvalue weighted by Crippen LogP contribution is -2.30. The van der Waals surface area contributed by atoms with Crippen LogP contribution in [0.15, 0.2) is 47.3 Å². The molecule has 0 radical (unpaired) electrons. The summed E-state index contributed by atoms with van der Waals surface area (Å²) in [6, 6.07) is 12.1. The van der Waals surface area contributed by atoms with Crippen LogP contribution in [0.25, 0.3) is 5.69 Å². The first-order valence-electron chi connectivity index (χ1n) is 6.21. The number of carbonyl (C=O) groups excluding carboxylic acids is 1. The van der Waals surface area contributed by atoms with Gasteiger partial charge in [-0.3, -0.25) is 9.59 Å². The number of amides is 1. The van der Waals surface area contributed by atoms with Crippen molar-refractivity contribution in [1.82, 2.24) is 15.1 Å². The molecule has 1 N–H and O–H groups in total. The van der Waals surface area contributed by atoms with E-state index in [2.05, 4.69) is 10.4 Å². The number of hydrogen-bond donors (Lipinski definition) is 1. The molecule has 0 spiro atoms. The van der Waals surface area contributed by atoms with Crippen LogP contribution in [0.2, 0.25) is 0 Å². The molecule has 5 heteroatoms. The van der Waals surface area contributed by atoms with E-state index in [4.69, 9.17) is 0 Å². The Morgan fingerprint density at radius 1 is 1.16 bits per heavy atom. The first-order chi connectivity index (χ1) is 9.24. The summed E-state index contributed by atoms with van der Waals surface area (Å²) < 4.78 is 1.24. The fourth-order valence-electron chi connectivity index (χ4n) is 1.77. The molecule has 0 saturated heterocycles. The van der Waals surface area contributed by atoms with E-state index in [1.807, 2.05) is 18.2 Å². The maximum atomic E-state index is 11.9. The van der Waals surface area contributed by atoms with Crippen LogP contribution in [0, 0.1) is 0 Å². The van der Waals surface area contributed by atoms with Crippen LogP contribution < -0.4 is 10.9 Å². The summed E-state index contributed by atoms with van der Waals surface area (Å²) in [5.74, 6) is -0.229. The Kier molecular flexibility index (Phi) is 2.87. The highest BCUT2D eigenvalue weighted by molar-refractivity contribution is 5.92. The summed E-state index contributed by atoms with van der Waals surface area (Å²) in [5, 5.41) is 6.97. The predicted octanol–water partition coefficient (Wildman–Crippen LogP) is 1.12. The first-order valence-corrected chi connectivity index (χ1v) is 6.21. The Bertz CT molecular complexity index is 660. The van der Waals surface area contributed by atoms with Crippen LogP contribution in [-0.2, 0) is 0 Å². The smallest absolute Gasteiger partial charge is 0.271 e. The van der Waals surface area contributed by atoms with Gasteiger partial charge in [0.25, 0.3) is 11.5 Å². The fraction of sp³-hybridized carbons (Fsp3) is 0.214. The lowest BCUT2D eigenvalue weighted by atomic mass is 10.3. The number of rotatable bonds is 3. The monoisotopic (exact) mass is 255 g/mol. The zero-order valence-electron chi connectivity index (χ0n) is 10.2. The summed E-state index contributed by atoms with van der Waals surface area (Å²) >= 11 is 0. The minimum atomic E-state index is -0.255. The van der Waals surface area contributed by atoms with E-state index >= 15 is 0 Å². The molecular weight excluding hydrogens is 242 g/mol. The van der Waals surface area contributed by atoms with E-state index < -0.39 is 0 Å². The second kappa shape index (κ2) is 4.68. The minimum absolute atomic E-state index is 0.229. The topological polar surface area (TPSA) is 64.0 Å². The van der Waals surface area contributed by atoms with Gasteiger partial charge in [0.15, 0.2) is 0 Å². The maximum Gasteiger partial charge on any atom is 0.271 e. The fourth-order valence-corrected chi connectivity index (χ4v) is 1.77. The molecule has 1 aromatic heterocycles. The van der Waals surface area contributed by atoms with Crippen molar-refractivity contribution in [3.8, 4) is 5.69 Å². The number of carbonyl (C=O) groups is 1. The van der Waals surface area contributed by atoms with Crippen molar-refractivity contribution >= 4 is 5.91 Å². The van der Waals surface area contributed by atoms with Crippen LogP contribution in [0.1, 0.15) is 23.3 Å². The molecule has 0 unspecified atom stereocenters. The lowest BCUT2D eigenvalue weighted by molar-refractivity contribution is 0.0944. The molecule has 1 aliphatic rings. The zero-order valence-corrected chi connectivity index (χ0v) is 10.2. The van der Waals surface area contributed by atoms with Gasteiger partial charge < -0.3 is 5.32 Å². The Balaban J connectivity index is 1.96. The second-order valence-electron chi connectivity index (χ2n) is 4.55. The molecule has 1 aliphatic carbocycles. The van der Waals surface area contributed by atoms with E-state index in [0.29, 0.717) is 5.69 Å². The van der Waals surface area contributed by atoms with Gasteiger partial charge in [0.05, 0.1) is 5.69 Å². The van der Waals surface area contributed by atoms with E-state index in [9.17, 15) is 9.59 Å². The standard InChI is InChI=1S/C14H13N3O2/c18-13-9-8-12(14(19)15-10-6-7-10)16-17(13)11-4-2-1-3-5-11/h1-5,8-10H,6-7H2,(H,15,19). The molecule has 1 amide bonds. The van der Waals surface area contributed by atoms with E-state index in [0.717, 1.165) is 12.8 Å². The third-order valence-electron chi connectivity index (χ3n) is 2.95. The highest BCUT2D eigenvalue weighted by atomic mass is 16.2. The van der Waals surface area contributed by atoms with E-state index in [-0.39, 0.29) is 23.2 Å². The number of benzene rings is 1. The molecule has 0 atom stereocenters. The zero-order chi connectivity index (χ0) is 13.2. The van der Waals surface area contributed by atoms with Crippen LogP contribution in [0.5, 0.6) is 0 Å². The third kappa shape index (κ3) is 2.54. The highest BCUT2D eigenvalue weighted by Crippen LogP contribution is 2.18. The average molecular weight is 255 g/mol. The van der Waals surface area contributed by atoms with Crippen LogP contribution in [-0.4, -0.2) is 21.7 Å². The van der Waals surface area contributed by atoms with Crippen molar-refractivity contribution < 1.29 is 4.79 Å². The highest BCUT2D eigenvalue weighted by Gasteiger charge is 2.24. The molecule has 1 aromatic carbocycles. The van der Waals surface area contributed by atoms with Gasteiger partial charge in [0.2, 0.25) is 0 Å². The molecule has 2 aromatic rings. The van der Waals surface area contributed by atoms with Gasteiger partial charge in [0.1, 0.15) is 5.69 Å². The minimum Gasteiger partial charge on any atom is -0.348 e. The van der Waals surface area contributed by atoms with Crippen molar-refractivity contribution in [2.24, 2.45) is 0 Å². The molecule has 1 fully saturated rings. The normalized spacial score (nSPS) is 14.1. The quantitative estimate of drug-likeness (QED) is 0.894. The van der Waals surface area contributed by atoms with Gasteiger partial charge in [-0.1, -0.05) is 18.2 Å². The number of nitrogens with zero attached hydrogens (tertiary/aromatic N) is 2. The third-order valence-corrected chi connectivity index (χ3v) is 2.95. The van der Waals surface area contributed by atoms with Gasteiger partial charge in [-0.25, -0.2) is 0 Å². The molecule has 5 nitrogen and oxygen atoms in total.